The second-order valence-electron chi connectivity index (χ2n) is 2.40. The number of hydrogen-bond donors (Lipinski definition) is 1. The number of anilines is 1. The molecule has 0 bridgehead atoms. The van der Waals surface area contributed by atoms with E-state index in [1.54, 1.807) is 0 Å². The summed E-state index contributed by atoms with van der Waals surface area (Å²) in [6.45, 7) is 4.03. The zero-order valence-corrected chi connectivity index (χ0v) is 7.76. The third kappa shape index (κ3) is 2.63. The van der Waals surface area contributed by atoms with Crippen molar-refractivity contribution in [3.63, 3.8) is 0 Å². The molecule has 1 aromatic rings. The average molecular weight is 162 g/mol. The van der Waals surface area contributed by atoms with E-state index in [1.807, 2.05) is 27.1 Å². The standard InChI is InChI=1S/C8H12N2.C2H2/c1-6-4-8(9-3)7(2)10-5-6;1-2/h4-5,9H,1-3H3;1-2H. The van der Waals surface area contributed by atoms with Gasteiger partial charge in [-0.25, -0.2) is 0 Å². The van der Waals surface area contributed by atoms with Crippen LogP contribution in [0.3, 0.4) is 0 Å². The number of rotatable bonds is 1. The Morgan fingerprint density at radius 1 is 1.33 bits per heavy atom. The quantitative estimate of drug-likeness (QED) is 0.639. The summed E-state index contributed by atoms with van der Waals surface area (Å²) in [6.07, 6.45) is 9.87. The summed E-state index contributed by atoms with van der Waals surface area (Å²) >= 11 is 0. The van der Waals surface area contributed by atoms with Crippen LogP contribution in [0.2, 0.25) is 0 Å². The van der Waals surface area contributed by atoms with Gasteiger partial charge >= 0.3 is 0 Å². The van der Waals surface area contributed by atoms with Crippen LogP contribution in [0.15, 0.2) is 12.3 Å². The Labute approximate surface area is 74.0 Å². The first-order valence-electron chi connectivity index (χ1n) is 3.68. The molecule has 64 valence electrons. The van der Waals surface area contributed by atoms with Crippen molar-refractivity contribution in [2.45, 2.75) is 13.8 Å². The molecule has 12 heavy (non-hydrogen) atoms. The molecule has 0 spiro atoms. The Balaban J connectivity index is 0.000000561. The second-order valence-corrected chi connectivity index (χ2v) is 2.40. The van der Waals surface area contributed by atoms with E-state index >= 15 is 0 Å². The van der Waals surface area contributed by atoms with Crippen molar-refractivity contribution in [2.75, 3.05) is 12.4 Å². The number of nitrogens with zero attached hydrogens (tertiary/aromatic N) is 1. The smallest absolute Gasteiger partial charge is 0.0603 e. The highest BCUT2D eigenvalue weighted by molar-refractivity contribution is 5.47. The van der Waals surface area contributed by atoms with E-state index in [0.717, 1.165) is 11.4 Å². The van der Waals surface area contributed by atoms with Crippen LogP contribution in [0, 0.1) is 26.7 Å². The lowest BCUT2D eigenvalue weighted by atomic mass is 10.2. The van der Waals surface area contributed by atoms with Crippen LogP contribution in [0.25, 0.3) is 0 Å². The molecule has 0 atom stereocenters. The molecule has 0 saturated carbocycles. The molecule has 1 rings (SSSR count). The van der Waals surface area contributed by atoms with E-state index in [1.165, 1.54) is 5.56 Å². The summed E-state index contributed by atoms with van der Waals surface area (Å²) in [5, 5.41) is 3.07. The van der Waals surface area contributed by atoms with E-state index in [0.29, 0.717) is 0 Å². The number of pyridine rings is 1. The van der Waals surface area contributed by atoms with Crippen LogP contribution in [-0.4, -0.2) is 12.0 Å². The molecule has 0 aliphatic carbocycles. The molecule has 2 heteroatoms. The molecular weight excluding hydrogens is 148 g/mol. The Hall–Kier alpha value is -1.49. The van der Waals surface area contributed by atoms with E-state index < -0.39 is 0 Å². The Morgan fingerprint density at radius 2 is 1.92 bits per heavy atom. The first kappa shape index (κ1) is 10.5. The van der Waals surface area contributed by atoms with Crippen LogP contribution >= 0.6 is 0 Å². The van der Waals surface area contributed by atoms with Gasteiger partial charge in [-0.3, -0.25) is 4.98 Å². The molecule has 0 aromatic carbocycles. The Kier molecular flexibility index (Phi) is 4.55. The van der Waals surface area contributed by atoms with Crippen LogP contribution in [0.4, 0.5) is 5.69 Å². The highest BCUT2D eigenvalue weighted by Crippen LogP contribution is 2.11. The van der Waals surface area contributed by atoms with Gasteiger partial charge in [0.15, 0.2) is 0 Å². The van der Waals surface area contributed by atoms with Crippen LogP contribution < -0.4 is 5.32 Å². The first-order chi connectivity index (χ1) is 5.74. The van der Waals surface area contributed by atoms with Gasteiger partial charge in [0, 0.05) is 13.2 Å². The molecule has 1 heterocycles. The van der Waals surface area contributed by atoms with E-state index in [-0.39, 0.29) is 0 Å². The molecular formula is C10H14N2. The first-order valence-corrected chi connectivity index (χ1v) is 3.68. The second kappa shape index (κ2) is 5.20. The van der Waals surface area contributed by atoms with Gasteiger partial charge in [0.1, 0.15) is 0 Å². The van der Waals surface area contributed by atoms with Crippen molar-refractivity contribution in [3.05, 3.63) is 23.5 Å². The van der Waals surface area contributed by atoms with Gasteiger partial charge in [0.2, 0.25) is 0 Å². The average Bonchev–Trinajstić information content (AvgIpc) is 2.13. The minimum absolute atomic E-state index is 1.05. The number of terminal acetylenes is 1. The van der Waals surface area contributed by atoms with Gasteiger partial charge in [-0.05, 0) is 25.5 Å². The lowest BCUT2D eigenvalue weighted by molar-refractivity contribution is 1.16. The predicted molar refractivity (Wildman–Crippen MR) is 53.1 cm³/mol. The number of hydrogen-bond acceptors (Lipinski definition) is 2. The summed E-state index contributed by atoms with van der Waals surface area (Å²) in [7, 11) is 1.91. The van der Waals surface area contributed by atoms with E-state index in [4.69, 9.17) is 0 Å². The fourth-order valence-electron chi connectivity index (χ4n) is 0.891. The molecule has 1 aromatic heterocycles. The molecule has 0 unspecified atom stereocenters. The van der Waals surface area contributed by atoms with Crippen LogP contribution in [-0.2, 0) is 0 Å². The van der Waals surface area contributed by atoms with Gasteiger partial charge in [-0.15, -0.1) is 12.8 Å². The largest absolute Gasteiger partial charge is 0.387 e. The lowest BCUT2D eigenvalue weighted by Crippen LogP contribution is -1.94. The fourth-order valence-corrected chi connectivity index (χ4v) is 0.891. The van der Waals surface area contributed by atoms with Crippen molar-refractivity contribution in [1.82, 2.24) is 4.98 Å². The zero-order chi connectivity index (χ0) is 9.56. The maximum atomic E-state index is 4.19. The molecule has 0 saturated heterocycles. The van der Waals surface area contributed by atoms with Gasteiger partial charge in [-0.2, -0.15) is 0 Å². The van der Waals surface area contributed by atoms with Crippen molar-refractivity contribution in [2.24, 2.45) is 0 Å². The third-order valence-corrected chi connectivity index (χ3v) is 1.49. The zero-order valence-electron chi connectivity index (χ0n) is 7.76. The van der Waals surface area contributed by atoms with Gasteiger partial charge < -0.3 is 5.32 Å². The summed E-state index contributed by atoms with van der Waals surface area (Å²) in [4.78, 5) is 4.19. The summed E-state index contributed by atoms with van der Waals surface area (Å²) < 4.78 is 0. The molecule has 0 radical (unpaired) electrons. The van der Waals surface area contributed by atoms with Gasteiger partial charge in [-0.1, -0.05) is 0 Å². The highest BCUT2D eigenvalue weighted by atomic mass is 14.9. The monoisotopic (exact) mass is 162 g/mol. The third-order valence-electron chi connectivity index (χ3n) is 1.49. The Morgan fingerprint density at radius 3 is 2.33 bits per heavy atom. The van der Waals surface area contributed by atoms with Crippen molar-refractivity contribution >= 4 is 5.69 Å². The number of nitrogens with one attached hydrogen (secondary N) is 1. The predicted octanol–water partition coefficient (Wildman–Crippen LogP) is 1.99. The summed E-state index contributed by atoms with van der Waals surface area (Å²) in [5.41, 5.74) is 3.35. The number of aromatic nitrogens is 1. The van der Waals surface area contributed by atoms with Gasteiger partial charge in [0.25, 0.3) is 0 Å². The summed E-state index contributed by atoms with van der Waals surface area (Å²) in [6, 6.07) is 2.09. The number of aryl methyl sites for hydroxylation is 2. The lowest BCUT2D eigenvalue weighted by Gasteiger charge is -2.03. The molecule has 1 N–H and O–H groups in total. The fraction of sp³-hybridized carbons (Fsp3) is 0.300. The van der Waals surface area contributed by atoms with E-state index in [9.17, 15) is 0 Å². The maximum absolute atomic E-state index is 4.19. The molecule has 2 nitrogen and oxygen atoms in total. The SMILES string of the molecule is C#C.CNc1cc(C)cnc1C. The highest BCUT2D eigenvalue weighted by Gasteiger charge is 1.94. The topological polar surface area (TPSA) is 24.9 Å². The maximum Gasteiger partial charge on any atom is 0.0603 e. The normalized spacial score (nSPS) is 8.08. The molecule has 0 aliphatic rings. The van der Waals surface area contributed by atoms with E-state index in [2.05, 4.69) is 29.2 Å². The van der Waals surface area contributed by atoms with Crippen LogP contribution in [0.1, 0.15) is 11.3 Å². The minimum Gasteiger partial charge on any atom is -0.387 e. The Bertz CT molecular complexity index is 264. The molecule has 0 fully saturated rings. The van der Waals surface area contributed by atoms with Crippen molar-refractivity contribution in [1.29, 1.82) is 0 Å². The van der Waals surface area contributed by atoms with Crippen molar-refractivity contribution < 1.29 is 0 Å². The minimum atomic E-state index is 1.05. The molecule has 0 aliphatic heterocycles. The summed E-state index contributed by atoms with van der Waals surface area (Å²) in [5.74, 6) is 0. The van der Waals surface area contributed by atoms with Crippen LogP contribution in [0.5, 0.6) is 0 Å². The van der Waals surface area contributed by atoms with Gasteiger partial charge in [0.05, 0.1) is 11.4 Å². The molecule has 0 amide bonds. The van der Waals surface area contributed by atoms with Crippen molar-refractivity contribution in [3.8, 4) is 12.8 Å².